The van der Waals surface area contributed by atoms with Gasteiger partial charge in [0.15, 0.2) is 0 Å². The molecular formula is C10H11BrN4. The maximum Gasteiger partial charge on any atom is 0.138 e. The van der Waals surface area contributed by atoms with Crippen LogP contribution in [0, 0.1) is 6.92 Å². The van der Waals surface area contributed by atoms with E-state index in [1.807, 2.05) is 26.0 Å². The molecule has 0 aliphatic heterocycles. The predicted molar refractivity (Wildman–Crippen MR) is 61.2 cm³/mol. The first-order chi connectivity index (χ1) is 7.18. The number of rotatable bonds is 2. The van der Waals surface area contributed by atoms with Gasteiger partial charge in [-0.15, -0.1) is 0 Å². The van der Waals surface area contributed by atoms with Crippen molar-refractivity contribution in [1.82, 2.24) is 19.7 Å². The second-order valence-corrected chi connectivity index (χ2v) is 4.65. The summed E-state index contributed by atoms with van der Waals surface area (Å²) >= 11 is 3.47. The Labute approximate surface area is 96.5 Å². The minimum atomic E-state index is 0.267. The number of halogens is 1. The smallest absolute Gasteiger partial charge is 0.138 e. The van der Waals surface area contributed by atoms with Gasteiger partial charge in [0.1, 0.15) is 12.2 Å². The highest BCUT2D eigenvalue weighted by molar-refractivity contribution is 9.09. The lowest BCUT2D eigenvalue weighted by Crippen LogP contribution is -2.00. The summed E-state index contributed by atoms with van der Waals surface area (Å²) in [7, 11) is 0. The molecule has 0 aromatic carbocycles. The summed E-state index contributed by atoms with van der Waals surface area (Å²) in [6, 6.07) is 3.97. The number of hydrogen-bond donors (Lipinski definition) is 0. The van der Waals surface area contributed by atoms with Crippen LogP contribution >= 0.6 is 15.9 Å². The van der Waals surface area contributed by atoms with E-state index < -0.39 is 0 Å². The lowest BCUT2D eigenvalue weighted by Gasteiger charge is -2.05. The van der Waals surface area contributed by atoms with E-state index in [-0.39, 0.29) is 4.83 Å². The second-order valence-electron chi connectivity index (χ2n) is 3.28. The molecule has 1 unspecified atom stereocenters. The Kier molecular flexibility index (Phi) is 2.81. The number of hydrogen-bond acceptors (Lipinski definition) is 3. The minimum absolute atomic E-state index is 0.267. The highest BCUT2D eigenvalue weighted by atomic mass is 79.9. The van der Waals surface area contributed by atoms with E-state index >= 15 is 0 Å². The van der Waals surface area contributed by atoms with Gasteiger partial charge in [0.25, 0.3) is 0 Å². The average molecular weight is 267 g/mol. The Balaban J connectivity index is 2.36. The molecule has 78 valence electrons. The van der Waals surface area contributed by atoms with E-state index in [2.05, 4.69) is 31.0 Å². The van der Waals surface area contributed by atoms with Crippen molar-refractivity contribution in [2.75, 3.05) is 0 Å². The summed E-state index contributed by atoms with van der Waals surface area (Å²) in [6.07, 6.45) is 3.34. The standard InChI is InChI=1S/C10H11BrN4/c1-7(11)10-4-3-9(5-12-10)15-8(2)13-6-14-15/h3-7H,1-2H3. The van der Waals surface area contributed by atoms with E-state index in [1.165, 1.54) is 6.33 Å². The summed E-state index contributed by atoms with van der Waals surface area (Å²) in [5.74, 6) is 0.858. The van der Waals surface area contributed by atoms with Crippen LogP contribution in [0.15, 0.2) is 24.7 Å². The monoisotopic (exact) mass is 266 g/mol. The Morgan fingerprint density at radius 1 is 1.33 bits per heavy atom. The first-order valence-electron chi connectivity index (χ1n) is 4.65. The second kappa shape index (κ2) is 4.10. The molecule has 0 N–H and O–H groups in total. The van der Waals surface area contributed by atoms with Crippen molar-refractivity contribution in [3.63, 3.8) is 0 Å². The van der Waals surface area contributed by atoms with Crippen molar-refractivity contribution in [3.8, 4) is 5.69 Å². The predicted octanol–water partition coefficient (Wildman–Crippen LogP) is 2.43. The molecule has 0 fully saturated rings. The summed E-state index contributed by atoms with van der Waals surface area (Å²) in [4.78, 5) is 8.67. The zero-order valence-corrected chi connectivity index (χ0v) is 10.1. The van der Waals surface area contributed by atoms with Crippen LogP contribution in [-0.2, 0) is 0 Å². The summed E-state index contributed by atoms with van der Waals surface area (Å²) in [6.45, 7) is 3.96. The third-order valence-corrected chi connectivity index (χ3v) is 2.61. The first-order valence-corrected chi connectivity index (χ1v) is 5.57. The third-order valence-electron chi connectivity index (χ3n) is 2.14. The van der Waals surface area contributed by atoms with Gasteiger partial charge in [0.2, 0.25) is 0 Å². The summed E-state index contributed by atoms with van der Waals surface area (Å²) in [5.41, 5.74) is 1.94. The van der Waals surface area contributed by atoms with Crippen LogP contribution in [0.2, 0.25) is 0 Å². The quantitative estimate of drug-likeness (QED) is 0.785. The molecule has 0 spiro atoms. The SMILES string of the molecule is Cc1ncnn1-c1ccc(C(C)Br)nc1. The molecule has 0 bridgehead atoms. The van der Waals surface area contributed by atoms with Gasteiger partial charge in [-0.05, 0) is 26.0 Å². The largest absolute Gasteiger partial charge is 0.258 e. The molecule has 0 aliphatic carbocycles. The van der Waals surface area contributed by atoms with E-state index in [0.29, 0.717) is 0 Å². The van der Waals surface area contributed by atoms with Crippen molar-refractivity contribution in [3.05, 3.63) is 36.2 Å². The van der Waals surface area contributed by atoms with Crippen LogP contribution < -0.4 is 0 Å². The lowest BCUT2D eigenvalue weighted by atomic mass is 10.3. The van der Waals surface area contributed by atoms with Crippen LogP contribution in [0.25, 0.3) is 5.69 Å². The van der Waals surface area contributed by atoms with Crippen molar-refractivity contribution < 1.29 is 0 Å². The van der Waals surface area contributed by atoms with Crippen LogP contribution in [0.1, 0.15) is 23.3 Å². The number of pyridine rings is 1. The number of aryl methyl sites for hydroxylation is 1. The topological polar surface area (TPSA) is 43.6 Å². The maximum atomic E-state index is 4.34. The highest BCUT2D eigenvalue weighted by Crippen LogP contribution is 2.19. The molecule has 0 aliphatic rings. The maximum absolute atomic E-state index is 4.34. The van der Waals surface area contributed by atoms with E-state index in [9.17, 15) is 0 Å². The fourth-order valence-corrected chi connectivity index (χ4v) is 1.58. The molecule has 2 aromatic heterocycles. The van der Waals surface area contributed by atoms with E-state index in [0.717, 1.165) is 17.2 Å². The molecule has 2 heterocycles. The van der Waals surface area contributed by atoms with Gasteiger partial charge < -0.3 is 0 Å². The fraction of sp³-hybridized carbons (Fsp3) is 0.300. The molecule has 0 radical (unpaired) electrons. The number of alkyl halides is 1. The molecular weight excluding hydrogens is 256 g/mol. The molecule has 4 nitrogen and oxygen atoms in total. The molecule has 2 rings (SSSR count). The molecule has 0 saturated carbocycles. The lowest BCUT2D eigenvalue weighted by molar-refractivity contribution is 0.830. The minimum Gasteiger partial charge on any atom is -0.258 e. The Morgan fingerprint density at radius 3 is 2.60 bits per heavy atom. The van der Waals surface area contributed by atoms with Gasteiger partial charge in [-0.3, -0.25) is 4.98 Å². The Hall–Kier alpha value is -1.23. The fourth-order valence-electron chi connectivity index (χ4n) is 1.31. The van der Waals surface area contributed by atoms with Crippen LogP contribution in [0.5, 0.6) is 0 Å². The van der Waals surface area contributed by atoms with E-state index in [4.69, 9.17) is 0 Å². The van der Waals surface area contributed by atoms with E-state index in [1.54, 1.807) is 10.9 Å². The van der Waals surface area contributed by atoms with Crippen molar-refractivity contribution in [2.24, 2.45) is 0 Å². The van der Waals surface area contributed by atoms with Gasteiger partial charge in [-0.2, -0.15) is 5.10 Å². The molecule has 15 heavy (non-hydrogen) atoms. The van der Waals surface area contributed by atoms with Gasteiger partial charge in [0, 0.05) is 0 Å². The van der Waals surface area contributed by atoms with Crippen molar-refractivity contribution in [2.45, 2.75) is 18.7 Å². The van der Waals surface area contributed by atoms with Gasteiger partial charge >= 0.3 is 0 Å². The van der Waals surface area contributed by atoms with Crippen LogP contribution in [0.3, 0.4) is 0 Å². The zero-order valence-electron chi connectivity index (χ0n) is 8.55. The number of aromatic nitrogens is 4. The first kappa shape index (κ1) is 10.3. The van der Waals surface area contributed by atoms with Gasteiger partial charge in [0.05, 0.1) is 22.4 Å². The molecule has 0 amide bonds. The molecule has 2 aromatic rings. The van der Waals surface area contributed by atoms with Crippen molar-refractivity contribution >= 4 is 15.9 Å². The van der Waals surface area contributed by atoms with Gasteiger partial charge in [-0.25, -0.2) is 9.67 Å². The Morgan fingerprint density at radius 2 is 2.13 bits per heavy atom. The molecule has 5 heteroatoms. The van der Waals surface area contributed by atoms with Crippen molar-refractivity contribution in [1.29, 1.82) is 0 Å². The average Bonchev–Trinajstić information content (AvgIpc) is 2.65. The third kappa shape index (κ3) is 2.07. The molecule has 0 saturated heterocycles. The van der Waals surface area contributed by atoms with Crippen LogP contribution in [0.4, 0.5) is 0 Å². The number of nitrogens with zero attached hydrogens (tertiary/aromatic N) is 4. The highest BCUT2D eigenvalue weighted by Gasteiger charge is 2.05. The summed E-state index contributed by atoms with van der Waals surface area (Å²) in [5, 5.41) is 4.11. The Bertz CT molecular complexity index is 447. The van der Waals surface area contributed by atoms with Gasteiger partial charge in [-0.1, -0.05) is 15.9 Å². The summed E-state index contributed by atoms with van der Waals surface area (Å²) < 4.78 is 1.76. The molecule has 1 atom stereocenters. The van der Waals surface area contributed by atoms with Crippen LogP contribution in [-0.4, -0.2) is 19.7 Å². The normalized spacial score (nSPS) is 12.7. The zero-order chi connectivity index (χ0) is 10.8.